The lowest BCUT2D eigenvalue weighted by molar-refractivity contribution is 0.0635. The zero-order valence-corrected chi connectivity index (χ0v) is 15.6. The van der Waals surface area contributed by atoms with Crippen LogP contribution in [0.3, 0.4) is 0 Å². The molecule has 0 unspecified atom stereocenters. The monoisotopic (exact) mass is 373 g/mol. The second kappa shape index (κ2) is 7.97. The van der Waals surface area contributed by atoms with Crippen molar-refractivity contribution < 1.29 is 13.2 Å². The second-order valence-corrected chi connectivity index (χ2v) is 8.32. The Morgan fingerprint density at radius 3 is 2.65 bits per heavy atom. The molecule has 0 aliphatic carbocycles. The highest BCUT2D eigenvalue weighted by Crippen LogP contribution is 2.20. The van der Waals surface area contributed by atoms with E-state index in [0.29, 0.717) is 5.56 Å². The van der Waals surface area contributed by atoms with Gasteiger partial charge in [0.25, 0.3) is 5.91 Å². The molecule has 1 N–H and O–H groups in total. The number of rotatable bonds is 5. The van der Waals surface area contributed by atoms with Crippen LogP contribution in [0.5, 0.6) is 0 Å². The molecule has 0 spiro atoms. The minimum absolute atomic E-state index is 0.0375. The number of sulfonamides is 1. The van der Waals surface area contributed by atoms with Gasteiger partial charge in [0.1, 0.15) is 0 Å². The summed E-state index contributed by atoms with van der Waals surface area (Å²) in [6.45, 7) is 2.98. The van der Waals surface area contributed by atoms with Crippen molar-refractivity contribution in [1.82, 2.24) is 14.6 Å². The van der Waals surface area contributed by atoms with Crippen LogP contribution >= 0.6 is 0 Å². The normalized spacial score (nSPS) is 17.9. The molecule has 1 fully saturated rings. The van der Waals surface area contributed by atoms with Crippen LogP contribution < -0.4 is 4.72 Å². The molecular formula is C19H23N3O3S. The first-order valence-corrected chi connectivity index (χ1v) is 10.3. The highest BCUT2D eigenvalue weighted by atomic mass is 32.2. The van der Waals surface area contributed by atoms with Crippen LogP contribution in [0, 0.1) is 0 Å². The van der Waals surface area contributed by atoms with Crippen LogP contribution in [-0.2, 0) is 16.6 Å². The average Bonchev–Trinajstić information content (AvgIpc) is 2.67. The SMILES string of the molecule is C[C@H]1CCCCN1C(=O)c1ccc(S(=O)(=O)NCc2cccnc2)cc1. The molecule has 0 radical (unpaired) electrons. The molecule has 1 aliphatic rings. The molecule has 138 valence electrons. The first-order chi connectivity index (χ1) is 12.5. The summed E-state index contributed by atoms with van der Waals surface area (Å²) < 4.78 is 27.4. The van der Waals surface area contributed by atoms with Crippen LogP contribution in [0.2, 0.25) is 0 Å². The topological polar surface area (TPSA) is 79.4 Å². The first kappa shape index (κ1) is 18.5. The molecule has 1 aromatic heterocycles. The van der Waals surface area contributed by atoms with Crippen molar-refractivity contribution in [2.24, 2.45) is 0 Å². The predicted octanol–water partition coefficient (Wildman–Crippen LogP) is 2.57. The third kappa shape index (κ3) is 4.28. The van der Waals surface area contributed by atoms with Gasteiger partial charge in [-0.15, -0.1) is 0 Å². The molecule has 3 rings (SSSR count). The van der Waals surface area contributed by atoms with E-state index in [1.165, 1.54) is 12.1 Å². The number of piperidine rings is 1. The van der Waals surface area contributed by atoms with Crippen molar-refractivity contribution in [1.29, 1.82) is 0 Å². The number of hydrogen-bond acceptors (Lipinski definition) is 4. The van der Waals surface area contributed by atoms with Gasteiger partial charge >= 0.3 is 0 Å². The van der Waals surface area contributed by atoms with Gasteiger partial charge in [0.15, 0.2) is 0 Å². The number of amides is 1. The fourth-order valence-corrected chi connectivity index (χ4v) is 4.12. The fraction of sp³-hybridized carbons (Fsp3) is 0.368. The van der Waals surface area contributed by atoms with E-state index >= 15 is 0 Å². The zero-order chi connectivity index (χ0) is 18.6. The van der Waals surface area contributed by atoms with Crippen molar-refractivity contribution in [3.8, 4) is 0 Å². The van der Waals surface area contributed by atoms with Crippen LogP contribution in [0.15, 0.2) is 53.7 Å². The van der Waals surface area contributed by atoms with Gasteiger partial charge in [0.05, 0.1) is 4.90 Å². The summed E-state index contributed by atoms with van der Waals surface area (Å²) in [6, 6.07) is 9.91. The van der Waals surface area contributed by atoms with Crippen LogP contribution in [0.25, 0.3) is 0 Å². The molecule has 1 aliphatic heterocycles. The summed E-state index contributed by atoms with van der Waals surface area (Å²) in [7, 11) is -3.64. The highest BCUT2D eigenvalue weighted by molar-refractivity contribution is 7.89. The summed E-state index contributed by atoms with van der Waals surface area (Å²) in [5, 5.41) is 0. The lowest BCUT2D eigenvalue weighted by atomic mass is 10.0. The molecule has 2 heterocycles. The number of carbonyl (C=O) groups excluding carboxylic acids is 1. The third-order valence-corrected chi connectivity index (χ3v) is 6.08. The Kier molecular flexibility index (Phi) is 5.68. The molecule has 0 bridgehead atoms. The number of hydrogen-bond donors (Lipinski definition) is 1. The Morgan fingerprint density at radius 2 is 2.00 bits per heavy atom. The van der Waals surface area contributed by atoms with Crippen LogP contribution in [0.1, 0.15) is 42.1 Å². The molecule has 2 aromatic rings. The largest absolute Gasteiger partial charge is 0.336 e. The molecular weight excluding hydrogens is 350 g/mol. The van der Waals surface area contributed by atoms with Crippen molar-refractivity contribution in [2.75, 3.05) is 6.54 Å². The second-order valence-electron chi connectivity index (χ2n) is 6.55. The summed E-state index contributed by atoms with van der Waals surface area (Å²) in [5.41, 5.74) is 1.30. The van der Waals surface area contributed by atoms with Crippen molar-refractivity contribution in [2.45, 2.75) is 43.7 Å². The van der Waals surface area contributed by atoms with Crippen molar-refractivity contribution in [3.63, 3.8) is 0 Å². The minimum Gasteiger partial charge on any atom is -0.336 e. The molecule has 1 amide bonds. The summed E-state index contributed by atoms with van der Waals surface area (Å²) in [4.78, 5) is 18.6. The van der Waals surface area contributed by atoms with E-state index in [4.69, 9.17) is 0 Å². The maximum atomic E-state index is 12.6. The number of aromatic nitrogens is 1. The van der Waals surface area contributed by atoms with Gasteiger partial charge in [-0.3, -0.25) is 9.78 Å². The number of likely N-dealkylation sites (tertiary alicyclic amines) is 1. The van der Waals surface area contributed by atoms with E-state index in [0.717, 1.165) is 31.4 Å². The van der Waals surface area contributed by atoms with E-state index in [1.807, 2.05) is 4.90 Å². The highest BCUT2D eigenvalue weighted by Gasteiger charge is 2.24. The van der Waals surface area contributed by atoms with E-state index in [1.54, 1.807) is 36.7 Å². The number of benzene rings is 1. The molecule has 6 nitrogen and oxygen atoms in total. The van der Waals surface area contributed by atoms with Gasteiger partial charge in [-0.25, -0.2) is 13.1 Å². The van der Waals surface area contributed by atoms with E-state index in [2.05, 4.69) is 16.6 Å². The quantitative estimate of drug-likeness (QED) is 0.874. The van der Waals surface area contributed by atoms with Crippen LogP contribution in [-0.4, -0.2) is 36.8 Å². The lowest BCUT2D eigenvalue weighted by Crippen LogP contribution is -2.42. The van der Waals surface area contributed by atoms with Gasteiger partial charge in [-0.1, -0.05) is 6.07 Å². The average molecular weight is 373 g/mol. The molecule has 1 atom stereocenters. The van der Waals surface area contributed by atoms with E-state index in [-0.39, 0.29) is 23.4 Å². The maximum absolute atomic E-state index is 12.6. The fourth-order valence-electron chi connectivity index (χ4n) is 3.11. The Bertz CT molecular complexity index is 851. The van der Waals surface area contributed by atoms with Crippen molar-refractivity contribution >= 4 is 15.9 Å². The summed E-state index contributed by atoms with van der Waals surface area (Å²) in [5.74, 6) is -0.0375. The summed E-state index contributed by atoms with van der Waals surface area (Å²) in [6.07, 6.45) is 6.42. The Hall–Kier alpha value is -2.25. The standard InChI is InChI=1S/C19H23N3O3S/c1-15-5-2-3-12-22(15)19(23)17-7-9-18(10-8-17)26(24,25)21-14-16-6-4-11-20-13-16/h4,6-11,13,15,21H,2-3,5,12,14H2,1H3/t15-/m0/s1. The molecule has 26 heavy (non-hydrogen) atoms. The van der Waals surface area contributed by atoms with Gasteiger partial charge < -0.3 is 4.90 Å². The number of nitrogens with zero attached hydrogens (tertiary/aromatic N) is 2. The maximum Gasteiger partial charge on any atom is 0.254 e. The Balaban J connectivity index is 1.69. The van der Waals surface area contributed by atoms with E-state index < -0.39 is 10.0 Å². The Labute approximate surface area is 154 Å². The number of carbonyl (C=O) groups is 1. The molecule has 1 aromatic carbocycles. The van der Waals surface area contributed by atoms with Crippen LogP contribution in [0.4, 0.5) is 0 Å². The molecule has 1 saturated heterocycles. The number of pyridine rings is 1. The first-order valence-electron chi connectivity index (χ1n) is 8.77. The van der Waals surface area contributed by atoms with Gasteiger partial charge in [-0.05, 0) is 62.1 Å². The molecule has 0 saturated carbocycles. The van der Waals surface area contributed by atoms with Gasteiger partial charge in [0, 0.05) is 37.1 Å². The van der Waals surface area contributed by atoms with E-state index in [9.17, 15) is 13.2 Å². The Morgan fingerprint density at radius 1 is 1.23 bits per heavy atom. The van der Waals surface area contributed by atoms with Gasteiger partial charge in [0.2, 0.25) is 10.0 Å². The predicted molar refractivity (Wildman–Crippen MR) is 99.1 cm³/mol. The summed E-state index contributed by atoms with van der Waals surface area (Å²) >= 11 is 0. The van der Waals surface area contributed by atoms with Crippen molar-refractivity contribution in [3.05, 3.63) is 59.9 Å². The smallest absolute Gasteiger partial charge is 0.254 e. The van der Waals surface area contributed by atoms with Gasteiger partial charge in [-0.2, -0.15) is 0 Å². The minimum atomic E-state index is -3.64. The number of nitrogens with one attached hydrogen (secondary N) is 1. The molecule has 7 heteroatoms. The lowest BCUT2D eigenvalue weighted by Gasteiger charge is -2.33. The third-order valence-electron chi connectivity index (χ3n) is 4.66. The zero-order valence-electron chi connectivity index (χ0n) is 14.8.